The lowest BCUT2D eigenvalue weighted by Crippen LogP contribution is -2.42. The molecule has 1 rings (SSSR count). The fraction of sp³-hybridized carbons (Fsp3) is 0.714. The molecule has 1 N–H and O–H groups in total. The van der Waals surface area contributed by atoms with Gasteiger partial charge in [0.1, 0.15) is 0 Å². The number of rotatable bonds is 2. The second-order valence-electron chi connectivity index (χ2n) is 2.64. The third kappa shape index (κ3) is 2.02. The normalized spacial score (nSPS) is 31.5. The maximum absolute atomic E-state index is 11.2. The van der Waals surface area contributed by atoms with Crippen LogP contribution in [0, 0.1) is 0 Å². The molecule has 4 heteroatoms. The van der Waals surface area contributed by atoms with Crippen molar-refractivity contribution in [1.82, 2.24) is 5.32 Å². The number of carbonyl (C=O) groups is 2. The summed E-state index contributed by atoms with van der Waals surface area (Å²) in [6.45, 7) is 0. The number of hydrogen-bond donors (Lipinski definition) is 1. The van der Waals surface area contributed by atoms with Gasteiger partial charge in [0.05, 0.1) is 10.9 Å². The molecule has 0 heterocycles. The summed E-state index contributed by atoms with van der Waals surface area (Å²) in [6, 6.07) is -0.259. The molecule has 1 amide bonds. The quantitative estimate of drug-likeness (QED) is 0.547. The van der Waals surface area contributed by atoms with E-state index in [-0.39, 0.29) is 16.7 Å². The Morgan fingerprint density at radius 1 is 1.55 bits per heavy atom. The summed E-state index contributed by atoms with van der Waals surface area (Å²) < 4.78 is 0. The van der Waals surface area contributed by atoms with Crippen molar-refractivity contribution in [2.45, 2.75) is 30.1 Å². The highest BCUT2D eigenvalue weighted by Gasteiger charge is 2.28. The van der Waals surface area contributed by atoms with E-state index in [1.165, 1.54) is 0 Å². The first-order valence-electron chi connectivity index (χ1n) is 3.63. The number of Topliss-reactive ketones (excluding diaryl/α,β-unsaturated/α-hetero) is 1. The molecule has 1 saturated carbocycles. The van der Waals surface area contributed by atoms with Crippen LogP contribution in [-0.2, 0) is 9.59 Å². The monoisotopic (exact) mass is 219 g/mol. The highest BCUT2D eigenvalue weighted by molar-refractivity contribution is 9.10. The van der Waals surface area contributed by atoms with Crippen molar-refractivity contribution in [1.29, 1.82) is 0 Å². The van der Waals surface area contributed by atoms with Crippen LogP contribution in [0.25, 0.3) is 0 Å². The van der Waals surface area contributed by atoms with Crippen LogP contribution in [0.4, 0.5) is 0 Å². The zero-order valence-electron chi connectivity index (χ0n) is 6.05. The fourth-order valence-electron chi connectivity index (χ4n) is 1.25. The maximum atomic E-state index is 11.2. The number of nitrogens with one attached hydrogen (secondary N) is 1. The number of carbonyl (C=O) groups excluding carboxylic acids is 2. The number of alkyl halides is 1. The van der Waals surface area contributed by atoms with Gasteiger partial charge in [0.25, 0.3) is 0 Å². The van der Waals surface area contributed by atoms with E-state index in [1.807, 2.05) is 0 Å². The first-order chi connectivity index (χ1) is 5.25. The molecule has 0 aromatic heterocycles. The van der Waals surface area contributed by atoms with Gasteiger partial charge in [-0.15, -0.1) is 0 Å². The standard InChI is InChI=1S/C7H10BrNO2/c8-5-2-1-3-6(7(5)11)9-4-10/h4-6H,1-3H2,(H,9,10). The first-order valence-corrected chi connectivity index (χ1v) is 4.54. The molecule has 3 nitrogen and oxygen atoms in total. The Kier molecular flexibility index (Phi) is 3.05. The average molecular weight is 220 g/mol. The van der Waals surface area contributed by atoms with E-state index in [0.717, 1.165) is 19.3 Å². The minimum Gasteiger partial charge on any atom is -0.349 e. The predicted octanol–water partition coefficient (Wildman–Crippen LogP) is 0.617. The summed E-state index contributed by atoms with van der Waals surface area (Å²) in [5, 5.41) is 2.50. The highest BCUT2D eigenvalue weighted by atomic mass is 79.9. The smallest absolute Gasteiger partial charge is 0.207 e. The van der Waals surface area contributed by atoms with Gasteiger partial charge in [-0.3, -0.25) is 9.59 Å². The first kappa shape index (κ1) is 8.71. The van der Waals surface area contributed by atoms with E-state index >= 15 is 0 Å². The zero-order chi connectivity index (χ0) is 8.27. The van der Waals surface area contributed by atoms with E-state index in [2.05, 4.69) is 21.2 Å². The summed E-state index contributed by atoms with van der Waals surface area (Å²) in [7, 11) is 0. The Morgan fingerprint density at radius 2 is 2.27 bits per heavy atom. The van der Waals surface area contributed by atoms with Gasteiger partial charge in [0.15, 0.2) is 5.78 Å². The van der Waals surface area contributed by atoms with E-state index in [0.29, 0.717) is 6.41 Å². The van der Waals surface area contributed by atoms with Crippen LogP contribution in [0.2, 0.25) is 0 Å². The van der Waals surface area contributed by atoms with Gasteiger partial charge in [0.2, 0.25) is 6.41 Å². The molecular weight excluding hydrogens is 210 g/mol. The number of amides is 1. The molecule has 0 spiro atoms. The summed E-state index contributed by atoms with van der Waals surface area (Å²) in [5.41, 5.74) is 0. The number of hydrogen-bond acceptors (Lipinski definition) is 2. The molecule has 2 atom stereocenters. The summed E-state index contributed by atoms with van der Waals surface area (Å²) in [5.74, 6) is 0.100. The summed E-state index contributed by atoms with van der Waals surface area (Å²) in [6.07, 6.45) is 3.25. The Balaban J connectivity index is 2.51. The van der Waals surface area contributed by atoms with Gasteiger partial charge in [-0.25, -0.2) is 0 Å². The Hall–Kier alpha value is -0.380. The lowest BCUT2D eigenvalue weighted by atomic mass is 9.94. The lowest BCUT2D eigenvalue weighted by Gasteiger charge is -2.23. The Bertz CT molecular complexity index is 172. The Morgan fingerprint density at radius 3 is 2.91 bits per heavy atom. The summed E-state index contributed by atoms with van der Waals surface area (Å²) in [4.78, 5) is 21.2. The van der Waals surface area contributed by atoms with Crippen LogP contribution in [0.1, 0.15) is 19.3 Å². The molecule has 0 radical (unpaired) electrons. The van der Waals surface area contributed by atoms with Crippen molar-refractivity contribution in [3.8, 4) is 0 Å². The van der Waals surface area contributed by atoms with Crippen LogP contribution in [0.5, 0.6) is 0 Å². The molecule has 0 aromatic carbocycles. The van der Waals surface area contributed by atoms with Crippen molar-refractivity contribution >= 4 is 28.1 Å². The van der Waals surface area contributed by atoms with Gasteiger partial charge in [-0.2, -0.15) is 0 Å². The van der Waals surface area contributed by atoms with Gasteiger partial charge >= 0.3 is 0 Å². The largest absolute Gasteiger partial charge is 0.349 e. The molecular formula is C7H10BrNO2. The molecule has 0 bridgehead atoms. The molecule has 0 aliphatic heterocycles. The lowest BCUT2D eigenvalue weighted by molar-refractivity contribution is -0.124. The van der Waals surface area contributed by atoms with Crippen molar-refractivity contribution in [2.24, 2.45) is 0 Å². The van der Waals surface area contributed by atoms with Crippen LogP contribution < -0.4 is 5.32 Å². The molecule has 1 fully saturated rings. The van der Waals surface area contributed by atoms with Crippen LogP contribution in [0.3, 0.4) is 0 Å². The molecule has 1 aliphatic carbocycles. The van der Waals surface area contributed by atoms with Crippen LogP contribution in [0.15, 0.2) is 0 Å². The molecule has 0 saturated heterocycles. The number of halogens is 1. The summed E-state index contributed by atoms with van der Waals surface area (Å²) >= 11 is 3.26. The molecule has 62 valence electrons. The minimum atomic E-state index is -0.259. The fourth-order valence-corrected chi connectivity index (χ4v) is 1.89. The second kappa shape index (κ2) is 3.85. The van der Waals surface area contributed by atoms with Crippen LogP contribution >= 0.6 is 15.9 Å². The predicted molar refractivity (Wildman–Crippen MR) is 44.6 cm³/mol. The molecule has 11 heavy (non-hydrogen) atoms. The van der Waals surface area contributed by atoms with Crippen molar-refractivity contribution in [2.75, 3.05) is 0 Å². The number of ketones is 1. The van der Waals surface area contributed by atoms with Crippen molar-refractivity contribution in [3.05, 3.63) is 0 Å². The highest BCUT2D eigenvalue weighted by Crippen LogP contribution is 2.20. The second-order valence-corrected chi connectivity index (χ2v) is 3.74. The maximum Gasteiger partial charge on any atom is 0.207 e. The van der Waals surface area contributed by atoms with E-state index in [4.69, 9.17) is 0 Å². The zero-order valence-corrected chi connectivity index (χ0v) is 7.63. The third-order valence-electron chi connectivity index (χ3n) is 1.87. The third-order valence-corrected chi connectivity index (χ3v) is 2.78. The van der Waals surface area contributed by atoms with E-state index < -0.39 is 0 Å². The van der Waals surface area contributed by atoms with Crippen molar-refractivity contribution in [3.63, 3.8) is 0 Å². The van der Waals surface area contributed by atoms with Gasteiger partial charge in [0, 0.05) is 0 Å². The Labute approximate surface area is 73.7 Å². The van der Waals surface area contributed by atoms with Gasteiger partial charge in [-0.1, -0.05) is 15.9 Å². The van der Waals surface area contributed by atoms with Crippen molar-refractivity contribution < 1.29 is 9.59 Å². The molecule has 1 aliphatic rings. The van der Waals surface area contributed by atoms with Gasteiger partial charge < -0.3 is 5.32 Å². The van der Waals surface area contributed by atoms with E-state index in [1.54, 1.807) is 0 Å². The SMILES string of the molecule is O=CNC1CCCC(Br)C1=O. The topological polar surface area (TPSA) is 46.2 Å². The minimum absolute atomic E-state index is 0.0614. The van der Waals surface area contributed by atoms with E-state index in [9.17, 15) is 9.59 Å². The van der Waals surface area contributed by atoms with Gasteiger partial charge in [-0.05, 0) is 19.3 Å². The molecule has 2 unspecified atom stereocenters. The average Bonchev–Trinajstić information content (AvgIpc) is 1.99. The van der Waals surface area contributed by atoms with Crippen LogP contribution in [-0.4, -0.2) is 23.1 Å². The molecule has 0 aromatic rings.